The quantitative estimate of drug-likeness (QED) is 0.852. The minimum atomic E-state index is -2.93. The number of halogens is 1. The van der Waals surface area contributed by atoms with Crippen LogP contribution in [0, 0.1) is 0 Å². The SMILES string of the molecule is NCCN.O=P(Cl)(c1ccccc1)c1ccccc1. The van der Waals surface area contributed by atoms with Crippen molar-refractivity contribution in [2.45, 2.75) is 0 Å². The lowest BCUT2D eigenvalue weighted by Crippen LogP contribution is -2.11. The van der Waals surface area contributed by atoms with Gasteiger partial charge in [-0.1, -0.05) is 60.7 Å². The van der Waals surface area contributed by atoms with Crippen LogP contribution in [-0.4, -0.2) is 13.1 Å². The molecule has 0 radical (unpaired) electrons. The van der Waals surface area contributed by atoms with Crippen molar-refractivity contribution >= 4 is 28.3 Å². The number of benzene rings is 2. The van der Waals surface area contributed by atoms with Gasteiger partial charge in [-0.15, -0.1) is 0 Å². The number of rotatable bonds is 3. The average Bonchev–Trinajstić information content (AvgIpc) is 2.49. The van der Waals surface area contributed by atoms with E-state index < -0.39 is 6.49 Å². The second-order valence-corrected chi connectivity index (χ2v) is 7.31. The third kappa shape index (κ3) is 4.81. The van der Waals surface area contributed by atoms with Gasteiger partial charge in [-0.25, -0.2) is 0 Å². The summed E-state index contributed by atoms with van der Waals surface area (Å²) in [6.45, 7) is -1.73. The lowest BCUT2D eigenvalue weighted by Gasteiger charge is -2.10. The molecule has 3 nitrogen and oxygen atoms in total. The summed E-state index contributed by atoms with van der Waals surface area (Å²) in [5.74, 6) is 0. The fourth-order valence-electron chi connectivity index (χ4n) is 1.39. The van der Waals surface area contributed by atoms with E-state index in [0.29, 0.717) is 23.7 Å². The molecule has 0 unspecified atom stereocenters. The normalized spacial score (nSPS) is 10.5. The topological polar surface area (TPSA) is 69.1 Å². The smallest absolute Gasteiger partial charge is 0.225 e. The maximum Gasteiger partial charge on any atom is 0.225 e. The summed E-state index contributed by atoms with van der Waals surface area (Å²) < 4.78 is 12.4. The summed E-state index contributed by atoms with van der Waals surface area (Å²) >= 11 is 6.14. The first-order valence-corrected chi connectivity index (χ1v) is 8.55. The van der Waals surface area contributed by atoms with Crippen molar-refractivity contribution in [3.63, 3.8) is 0 Å². The van der Waals surface area contributed by atoms with Gasteiger partial charge in [0.25, 0.3) is 0 Å². The molecule has 5 heteroatoms. The Labute approximate surface area is 118 Å². The monoisotopic (exact) mass is 296 g/mol. The minimum absolute atomic E-state index is 0.597. The van der Waals surface area contributed by atoms with Crippen LogP contribution in [0.2, 0.25) is 0 Å². The zero-order valence-electron chi connectivity index (χ0n) is 10.6. The standard InChI is InChI=1S/C12H10ClOP.C2H8N2/c13-15(14,11-7-3-1-4-8-11)12-9-5-2-6-10-12;3-1-2-4/h1-10H;1-4H2. The van der Waals surface area contributed by atoms with Crippen LogP contribution < -0.4 is 22.1 Å². The highest BCUT2D eigenvalue weighted by Crippen LogP contribution is 2.48. The van der Waals surface area contributed by atoms with Gasteiger partial charge >= 0.3 is 0 Å². The molecule has 0 fully saturated rings. The van der Waals surface area contributed by atoms with Gasteiger partial charge in [0.1, 0.15) is 0 Å². The Morgan fingerprint density at radius 2 is 1.11 bits per heavy atom. The fourth-order valence-corrected chi connectivity index (χ4v) is 3.47. The first kappa shape index (κ1) is 15.9. The Morgan fingerprint density at radius 1 is 0.789 bits per heavy atom. The molecular formula is C14H18ClN2OP. The molecule has 4 N–H and O–H groups in total. The lowest BCUT2D eigenvalue weighted by molar-refractivity contribution is 0.595. The number of hydrogen-bond donors (Lipinski definition) is 2. The molecule has 0 saturated carbocycles. The van der Waals surface area contributed by atoms with Crippen LogP contribution >= 0.6 is 17.7 Å². The molecule has 0 aliphatic heterocycles. The second kappa shape index (κ2) is 8.13. The number of hydrogen-bond acceptors (Lipinski definition) is 3. The van der Waals surface area contributed by atoms with Gasteiger partial charge in [-0.05, 0) is 11.2 Å². The Morgan fingerprint density at radius 3 is 1.37 bits per heavy atom. The van der Waals surface area contributed by atoms with Crippen LogP contribution in [0.1, 0.15) is 0 Å². The third-order valence-electron chi connectivity index (χ3n) is 2.34. The van der Waals surface area contributed by atoms with Crippen LogP contribution in [-0.2, 0) is 4.57 Å². The Hall–Kier alpha value is -1.12. The maximum absolute atomic E-state index is 12.4. The van der Waals surface area contributed by atoms with Gasteiger partial charge in [0.2, 0.25) is 6.49 Å². The highest BCUT2D eigenvalue weighted by molar-refractivity contribution is 8.00. The van der Waals surface area contributed by atoms with Gasteiger partial charge in [-0.2, -0.15) is 0 Å². The summed E-state index contributed by atoms with van der Waals surface area (Å²) in [6.07, 6.45) is 0. The van der Waals surface area contributed by atoms with Crippen molar-refractivity contribution in [1.29, 1.82) is 0 Å². The Balaban J connectivity index is 0.000000399. The van der Waals surface area contributed by atoms with E-state index in [9.17, 15) is 4.57 Å². The van der Waals surface area contributed by atoms with Crippen molar-refractivity contribution in [3.8, 4) is 0 Å². The van der Waals surface area contributed by atoms with Crippen molar-refractivity contribution < 1.29 is 4.57 Å². The van der Waals surface area contributed by atoms with E-state index in [4.69, 9.17) is 22.7 Å². The summed E-state index contributed by atoms with van der Waals surface area (Å²) in [7, 11) is 0. The van der Waals surface area contributed by atoms with E-state index in [1.807, 2.05) is 36.4 Å². The molecule has 2 rings (SSSR count). The van der Waals surface area contributed by atoms with E-state index in [1.165, 1.54) is 0 Å². The highest BCUT2D eigenvalue weighted by Gasteiger charge is 2.23. The summed E-state index contributed by atoms with van der Waals surface area (Å²) in [5, 5.41) is 1.36. The molecule has 2 aromatic carbocycles. The van der Waals surface area contributed by atoms with Gasteiger partial charge in [-0.3, -0.25) is 4.57 Å². The van der Waals surface area contributed by atoms with Gasteiger partial charge in [0.15, 0.2) is 0 Å². The molecule has 19 heavy (non-hydrogen) atoms. The van der Waals surface area contributed by atoms with Crippen molar-refractivity contribution in [2.75, 3.05) is 13.1 Å². The zero-order valence-corrected chi connectivity index (χ0v) is 12.2. The molecule has 0 amide bonds. The van der Waals surface area contributed by atoms with E-state index in [0.717, 1.165) is 0 Å². The molecule has 102 valence electrons. The van der Waals surface area contributed by atoms with E-state index in [-0.39, 0.29) is 0 Å². The van der Waals surface area contributed by atoms with Gasteiger partial charge in [0.05, 0.1) is 0 Å². The Bertz CT molecular complexity index is 474. The fraction of sp³-hybridized carbons (Fsp3) is 0.143. The second-order valence-electron chi connectivity index (χ2n) is 3.78. The molecule has 0 atom stereocenters. The zero-order chi connectivity index (χ0) is 14.1. The molecule has 0 heterocycles. The van der Waals surface area contributed by atoms with Crippen molar-refractivity contribution in [1.82, 2.24) is 0 Å². The summed E-state index contributed by atoms with van der Waals surface area (Å²) in [6, 6.07) is 18.3. The molecule has 0 spiro atoms. The van der Waals surface area contributed by atoms with Crippen LogP contribution in [0.5, 0.6) is 0 Å². The van der Waals surface area contributed by atoms with Crippen molar-refractivity contribution in [2.24, 2.45) is 11.5 Å². The molecular weight excluding hydrogens is 279 g/mol. The predicted octanol–water partition coefficient (Wildman–Crippen LogP) is 2.06. The van der Waals surface area contributed by atoms with Crippen LogP contribution in [0.3, 0.4) is 0 Å². The average molecular weight is 297 g/mol. The lowest BCUT2D eigenvalue weighted by atomic mass is 10.4. The van der Waals surface area contributed by atoms with Crippen LogP contribution in [0.15, 0.2) is 60.7 Å². The summed E-state index contributed by atoms with van der Waals surface area (Å²) in [5.41, 5.74) is 9.81. The van der Waals surface area contributed by atoms with Gasteiger partial charge < -0.3 is 11.5 Å². The third-order valence-corrected chi connectivity index (χ3v) is 5.44. The first-order valence-electron chi connectivity index (χ1n) is 5.94. The Kier molecular flexibility index (Phi) is 6.82. The maximum atomic E-state index is 12.4. The molecule has 0 aliphatic rings. The van der Waals surface area contributed by atoms with E-state index >= 15 is 0 Å². The minimum Gasteiger partial charge on any atom is -0.329 e. The van der Waals surface area contributed by atoms with Gasteiger partial charge in [0, 0.05) is 23.7 Å². The molecule has 2 aromatic rings. The van der Waals surface area contributed by atoms with E-state index in [1.54, 1.807) is 24.3 Å². The summed E-state index contributed by atoms with van der Waals surface area (Å²) in [4.78, 5) is 0. The predicted molar refractivity (Wildman–Crippen MR) is 83.7 cm³/mol. The van der Waals surface area contributed by atoms with Crippen LogP contribution in [0.4, 0.5) is 0 Å². The molecule has 0 bridgehead atoms. The largest absolute Gasteiger partial charge is 0.329 e. The van der Waals surface area contributed by atoms with Crippen molar-refractivity contribution in [3.05, 3.63) is 60.7 Å². The molecule has 0 saturated heterocycles. The van der Waals surface area contributed by atoms with Crippen LogP contribution in [0.25, 0.3) is 0 Å². The molecule has 0 aliphatic carbocycles. The molecule has 0 aromatic heterocycles. The number of nitrogens with two attached hydrogens (primary N) is 2. The van der Waals surface area contributed by atoms with E-state index in [2.05, 4.69) is 0 Å². The first-order chi connectivity index (χ1) is 9.12. The highest BCUT2D eigenvalue weighted by atomic mass is 35.7.